The summed E-state index contributed by atoms with van der Waals surface area (Å²) in [6.45, 7) is 6.04. The first kappa shape index (κ1) is 13.6. The Bertz CT molecular complexity index is 442. The predicted molar refractivity (Wildman–Crippen MR) is 78.6 cm³/mol. The highest BCUT2D eigenvalue weighted by atomic mass is 79.9. The summed E-state index contributed by atoms with van der Waals surface area (Å²) in [5.74, 6) is 1.07. The molecule has 2 nitrogen and oxygen atoms in total. The molecule has 1 aromatic rings. The monoisotopic (exact) mass is 309 g/mol. The van der Waals surface area contributed by atoms with Gasteiger partial charge in [-0.3, -0.25) is 0 Å². The van der Waals surface area contributed by atoms with Crippen LogP contribution in [0.15, 0.2) is 34.5 Å². The van der Waals surface area contributed by atoms with E-state index in [2.05, 4.69) is 59.4 Å². The molecule has 1 aliphatic rings. The minimum atomic E-state index is 0.174. The van der Waals surface area contributed by atoms with Crippen molar-refractivity contribution < 1.29 is 4.74 Å². The molecule has 0 aromatic heterocycles. The van der Waals surface area contributed by atoms with Gasteiger partial charge in [0.15, 0.2) is 0 Å². The van der Waals surface area contributed by atoms with Crippen LogP contribution in [0, 0.1) is 6.92 Å². The van der Waals surface area contributed by atoms with Gasteiger partial charge in [-0.25, -0.2) is 0 Å². The molecule has 0 saturated heterocycles. The molecule has 1 aromatic carbocycles. The molecule has 1 atom stereocenters. The Morgan fingerprint density at radius 1 is 1.44 bits per heavy atom. The van der Waals surface area contributed by atoms with Crippen LogP contribution in [0.2, 0.25) is 0 Å². The van der Waals surface area contributed by atoms with Crippen LogP contribution in [0.25, 0.3) is 0 Å². The number of rotatable bonds is 4. The van der Waals surface area contributed by atoms with Crippen LogP contribution in [-0.2, 0) is 4.74 Å². The summed E-state index contributed by atoms with van der Waals surface area (Å²) in [6, 6.07) is 6.51. The van der Waals surface area contributed by atoms with Crippen LogP contribution in [0.1, 0.15) is 36.9 Å². The topological polar surface area (TPSA) is 21.3 Å². The number of likely N-dealkylation sites (N-methyl/N-ethyl adjacent to an activating group) is 1. The standard InChI is InChI=1S/C15H20BrNO/c1-3-17-15(14-9-4-5-10-18-14)12-7-6-8-13(16)11(12)2/h6-9,15,17H,3-5,10H2,1-2H3. The van der Waals surface area contributed by atoms with Crippen molar-refractivity contribution in [3.63, 3.8) is 0 Å². The first-order chi connectivity index (χ1) is 8.74. The van der Waals surface area contributed by atoms with Gasteiger partial charge in [-0.1, -0.05) is 35.0 Å². The second kappa shape index (κ2) is 6.39. The Morgan fingerprint density at radius 2 is 2.28 bits per heavy atom. The fraction of sp³-hybridized carbons (Fsp3) is 0.467. The molecule has 0 aliphatic carbocycles. The van der Waals surface area contributed by atoms with E-state index in [-0.39, 0.29) is 6.04 Å². The van der Waals surface area contributed by atoms with Gasteiger partial charge in [0.05, 0.1) is 12.6 Å². The summed E-state index contributed by atoms with van der Waals surface area (Å²) >= 11 is 3.60. The number of ether oxygens (including phenoxy) is 1. The maximum atomic E-state index is 5.83. The zero-order valence-corrected chi connectivity index (χ0v) is 12.6. The lowest BCUT2D eigenvalue weighted by Gasteiger charge is -2.26. The van der Waals surface area contributed by atoms with E-state index < -0.39 is 0 Å². The van der Waals surface area contributed by atoms with Gasteiger partial charge in [0.25, 0.3) is 0 Å². The van der Waals surface area contributed by atoms with Crippen LogP contribution in [0.4, 0.5) is 0 Å². The third-order valence-corrected chi connectivity index (χ3v) is 4.14. The van der Waals surface area contributed by atoms with Crippen molar-refractivity contribution in [2.24, 2.45) is 0 Å². The SMILES string of the molecule is CCNC(C1=CCCCO1)c1cccc(Br)c1C. The summed E-state index contributed by atoms with van der Waals surface area (Å²) in [6.07, 6.45) is 4.46. The predicted octanol–water partition coefficient (Wildman–Crippen LogP) is 4.10. The van der Waals surface area contributed by atoms with E-state index in [4.69, 9.17) is 4.74 Å². The zero-order valence-electron chi connectivity index (χ0n) is 11.0. The van der Waals surface area contributed by atoms with Crippen LogP contribution in [0.3, 0.4) is 0 Å². The molecule has 0 bridgehead atoms. The van der Waals surface area contributed by atoms with Crippen molar-refractivity contribution in [3.8, 4) is 0 Å². The maximum absolute atomic E-state index is 5.83. The van der Waals surface area contributed by atoms with Crippen molar-refractivity contribution in [2.75, 3.05) is 13.2 Å². The van der Waals surface area contributed by atoms with Crippen LogP contribution in [0.5, 0.6) is 0 Å². The highest BCUT2D eigenvalue weighted by Gasteiger charge is 2.21. The van der Waals surface area contributed by atoms with Crippen molar-refractivity contribution in [1.82, 2.24) is 5.32 Å². The molecule has 18 heavy (non-hydrogen) atoms. The number of hydrogen-bond acceptors (Lipinski definition) is 2. The Morgan fingerprint density at radius 3 is 2.94 bits per heavy atom. The Kier molecular flexibility index (Phi) is 4.84. The van der Waals surface area contributed by atoms with E-state index in [1.165, 1.54) is 11.1 Å². The molecule has 1 unspecified atom stereocenters. The molecular weight excluding hydrogens is 290 g/mol. The van der Waals surface area contributed by atoms with Gasteiger partial charge in [-0.05, 0) is 49.6 Å². The van der Waals surface area contributed by atoms with Gasteiger partial charge in [0, 0.05) is 4.47 Å². The zero-order chi connectivity index (χ0) is 13.0. The third-order valence-electron chi connectivity index (χ3n) is 3.28. The van der Waals surface area contributed by atoms with E-state index in [1.54, 1.807) is 0 Å². The molecule has 1 aliphatic heterocycles. The third kappa shape index (κ3) is 2.96. The minimum Gasteiger partial charge on any atom is -0.496 e. The van der Waals surface area contributed by atoms with E-state index >= 15 is 0 Å². The molecule has 2 rings (SSSR count). The average Bonchev–Trinajstić information content (AvgIpc) is 2.41. The quantitative estimate of drug-likeness (QED) is 0.904. The van der Waals surface area contributed by atoms with Gasteiger partial charge >= 0.3 is 0 Å². The molecule has 1 heterocycles. The molecule has 98 valence electrons. The second-order valence-corrected chi connectivity index (χ2v) is 5.40. The number of nitrogens with one attached hydrogen (secondary N) is 1. The van der Waals surface area contributed by atoms with Crippen LogP contribution >= 0.6 is 15.9 Å². The number of halogens is 1. The molecule has 3 heteroatoms. The highest BCUT2D eigenvalue weighted by Crippen LogP contribution is 2.31. The molecular formula is C15H20BrNO. The largest absolute Gasteiger partial charge is 0.496 e. The lowest BCUT2D eigenvalue weighted by Crippen LogP contribution is -2.26. The first-order valence-corrected chi connectivity index (χ1v) is 7.34. The van der Waals surface area contributed by atoms with Gasteiger partial charge in [0.2, 0.25) is 0 Å². The average molecular weight is 310 g/mol. The van der Waals surface area contributed by atoms with Crippen molar-refractivity contribution in [1.29, 1.82) is 0 Å². The van der Waals surface area contributed by atoms with Crippen molar-refractivity contribution in [3.05, 3.63) is 45.6 Å². The molecule has 0 radical (unpaired) electrons. The van der Waals surface area contributed by atoms with Crippen molar-refractivity contribution in [2.45, 2.75) is 32.7 Å². The molecule has 0 saturated carbocycles. The van der Waals surface area contributed by atoms with E-state index in [0.29, 0.717) is 0 Å². The Balaban J connectivity index is 2.34. The fourth-order valence-corrected chi connectivity index (χ4v) is 2.66. The van der Waals surface area contributed by atoms with Gasteiger partial charge in [-0.15, -0.1) is 0 Å². The van der Waals surface area contributed by atoms with Gasteiger partial charge < -0.3 is 10.1 Å². The van der Waals surface area contributed by atoms with Gasteiger partial charge in [0.1, 0.15) is 5.76 Å². The molecule has 0 spiro atoms. The van der Waals surface area contributed by atoms with E-state index in [1.807, 2.05) is 0 Å². The smallest absolute Gasteiger partial charge is 0.113 e. The summed E-state index contributed by atoms with van der Waals surface area (Å²) in [5.41, 5.74) is 2.57. The normalized spacial score (nSPS) is 16.9. The van der Waals surface area contributed by atoms with Crippen molar-refractivity contribution >= 4 is 15.9 Å². The lowest BCUT2D eigenvalue weighted by atomic mass is 9.98. The minimum absolute atomic E-state index is 0.174. The molecule has 0 amide bonds. The fourth-order valence-electron chi connectivity index (χ4n) is 2.28. The first-order valence-electron chi connectivity index (χ1n) is 6.55. The van der Waals surface area contributed by atoms with E-state index in [0.717, 1.165) is 36.2 Å². The summed E-state index contributed by atoms with van der Waals surface area (Å²) in [7, 11) is 0. The summed E-state index contributed by atoms with van der Waals surface area (Å²) < 4.78 is 6.98. The number of hydrogen-bond donors (Lipinski definition) is 1. The highest BCUT2D eigenvalue weighted by molar-refractivity contribution is 9.10. The number of allylic oxidation sites excluding steroid dienone is 1. The van der Waals surface area contributed by atoms with Crippen LogP contribution in [-0.4, -0.2) is 13.2 Å². The van der Waals surface area contributed by atoms with Crippen LogP contribution < -0.4 is 5.32 Å². The maximum Gasteiger partial charge on any atom is 0.113 e. The molecule has 0 fully saturated rings. The Hall–Kier alpha value is -0.800. The molecule has 1 N–H and O–H groups in total. The summed E-state index contributed by atoms with van der Waals surface area (Å²) in [4.78, 5) is 0. The lowest BCUT2D eigenvalue weighted by molar-refractivity contribution is 0.168. The number of benzene rings is 1. The van der Waals surface area contributed by atoms with E-state index in [9.17, 15) is 0 Å². The Labute approximate surface area is 118 Å². The summed E-state index contributed by atoms with van der Waals surface area (Å²) in [5, 5.41) is 3.52. The van der Waals surface area contributed by atoms with Gasteiger partial charge in [-0.2, -0.15) is 0 Å². The second-order valence-electron chi connectivity index (χ2n) is 4.54.